The van der Waals surface area contributed by atoms with Crippen molar-refractivity contribution in [1.82, 2.24) is 14.7 Å². The highest BCUT2D eigenvalue weighted by atomic mass is 15.3. The van der Waals surface area contributed by atoms with E-state index in [1.807, 2.05) is 0 Å². The van der Waals surface area contributed by atoms with Crippen molar-refractivity contribution in [1.29, 1.82) is 0 Å². The van der Waals surface area contributed by atoms with Gasteiger partial charge in [0.25, 0.3) is 0 Å². The molecule has 0 aliphatic carbocycles. The zero-order valence-electron chi connectivity index (χ0n) is 14.0. The minimum atomic E-state index is 0.730. The Bertz CT molecular complexity index is 232. The lowest BCUT2D eigenvalue weighted by atomic mass is 9.95. The Balaban J connectivity index is 0.000000191. The monoisotopic (exact) mass is 269 g/mol. The summed E-state index contributed by atoms with van der Waals surface area (Å²) in [6, 6.07) is 0.730. The van der Waals surface area contributed by atoms with Crippen LogP contribution >= 0.6 is 0 Å². The van der Waals surface area contributed by atoms with E-state index in [0.717, 1.165) is 17.9 Å². The van der Waals surface area contributed by atoms with E-state index >= 15 is 0 Å². The van der Waals surface area contributed by atoms with Crippen LogP contribution in [-0.2, 0) is 0 Å². The smallest absolute Gasteiger partial charge is 0.0112 e. The van der Waals surface area contributed by atoms with Crippen molar-refractivity contribution in [2.24, 2.45) is 11.8 Å². The molecule has 0 radical (unpaired) electrons. The Morgan fingerprint density at radius 1 is 0.789 bits per heavy atom. The largest absolute Gasteiger partial charge is 0.306 e. The fourth-order valence-electron chi connectivity index (χ4n) is 2.85. The molecule has 0 aromatic carbocycles. The average Bonchev–Trinajstić information content (AvgIpc) is 2.77. The lowest BCUT2D eigenvalue weighted by Gasteiger charge is -2.34. The van der Waals surface area contributed by atoms with Crippen molar-refractivity contribution in [2.45, 2.75) is 40.2 Å². The predicted molar refractivity (Wildman–Crippen MR) is 84.6 cm³/mol. The van der Waals surface area contributed by atoms with Gasteiger partial charge in [-0.05, 0) is 52.7 Å². The molecule has 0 aromatic heterocycles. The molecule has 2 fully saturated rings. The molecule has 1 unspecified atom stereocenters. The van der Waals surface area contributed by atoms with Gasteiger partial charge in [-0.15, -0.1) is 0 Å². The summed E-state index contributed by atoms with van der Waals surface area (Å²) < 4.78 is 0. The summed E-state index contributed by atoms with van der Waals surface area (Å²) in [5.74, 6) is 1.85. The quantitative estimate of drug-likeness (QED) is 0.761. The molecule has 1 atom stereocenters. The second kappa shape index (κ2) is 8.23. The number of nitrogens with zero attached hydrogens (tertiary/aromatic N) is 3. The number of likely N-dealkylation sites (tertiary alicyclic amines) is 1. The van der Waals surface area contributed by atoms with Crippen molar-refractivity contribution < 1.29 is 0 Å². The second-order valence-corrected chi connectivity index (χ2v) is 6.99. The molecule has 0 spiro atoms. The molecule has 2 heterocycles. The Hall–Kier alpha value is -0.120. The first-order valence-electron chi connectivity index (χ1n) is 8.01. The number of piperazine rings is 1. The minimum absolute atomic E-state index is 0.730. The second-order valence-electron chi connectivity index (χ2n) is 6.99. The van der Waals surface area contributed by atoms with E-state index in [1.54, 1.807) is 0 Å². The molecule has 0 bridgehead atoms. The fourth-order valence-corrected chi connectivity index (χ4v) is 2.85. The number of hydrogen-bond acceptors (Lipinski definition) is 3. The summed E-state index contributed by atoms with van der Waals surface area (Å²) in [7, 11) is 4.40. The van der Waals surface area contributed by atoms with Crippen molar-refractivity contribution in [2.75, 3.05) is 53.4 Å². The molecular weight excluding hydrogens is 234 g/mol. The molecule has 2 aliphatic heterocycles. The third kappa shape index (κ3) is 6.24. The molecule has 0 amide bonds. The van der Waals surface area contributed by atoms with Gasteiger partial charge in [-0.2, -0.15) is 0 Å². The summed E-state index contributed by atoms with van der Waals surface area (Å²) >= 11 is 0. The van der Waals surface area contributed by atoms with Crippen LogP contribution in [0.5, 0.6) is 0 Å². The van der Waals surface area contributed by atoms with E-state index in [-0.39, 0.29) is 0 Å². The summed E-state index contributed by atoms with van der Waals surface area (Å²) in [6.45, 7) is 16.8. The SMILES string of the molecule is CC(C)C1CCN(C)C1.CC(C)N1CCN(C)CC1. The Morgan fingerprint density at radius 2 is 1.37 bits per heavy atom. The van der Waals surface area contributed by atoms with Gasteiger partial charge in [0.05, 0.1) is 0 Å². The van der Waals surface area contributed by atoms with Gasteiger partial charge in [0.2, 0.25) is 0 Å². The first kappa shape index (κ1) is 16.9. The molecular formula is C16H35N3. The maximum absolute atomic E-state index is 2.53. The standard InChI is InChI=1S/C8H18N2.C8H17N/c1-8(2)10-6-4-9(3)5-7-10;1-7(2)8-4-5-9(3)6-8/h8H,4-7H2,1-3H3;7-8H,4-6H2,1-3H3. The molecule has 19 heavy (non-hydrogen) atoms. The van der Waals surface area contributed by atoms with E-state index in [9.17, 15) is 0 Å². The maximum Gasteiger partial charge on any atom is 0.0112 e. The zero-order chi connectivity index (χ0) is 14.4. The van der Waals surface area contributed by atoms with Crippen molar-refractivity contribution in [3.8, 4) is 0 Å². The van der Waals surface area contributed by atoms with E-state index in [4.69, 9.17) is 0 Å². The van der Waals surface area contributed by atoms with Gasteiger partial charge in [-0.25, -0.2) is 0 Å². The van der Waals surface area contributed by atoms with Gasteiger partial charge in [0.1, 0.15) is 0 Å². The molecule has 3 heteroatoms. The minimum Gasteiger partial charge on any atom is -0.306 e. The van der Waals surface area contributed by atoms with Gasteiger partial charge in [0.15, 0.2) is 0 Å². The summed E-state index contributed by atoms with van der Waals surface area (Å²) in [4.78, 5) is 7.34. The molecule has 114 valence electrons. The van der Waals surface area contributed by atoms with Crippen molar-refractivity contribution in [3.63, 3.8) is 0 Å². The van der Waals surface area contributed by atoms with E-state index in [2.05, 4.69) is 56.5 Å². The van der Waals surface area contributed by atoms with Crippen molar-refractivity contribution >= 4 is 0 Å². The third-order valence-electron chi connectivity index (χ3n) is 4.64. The van der Waals surface area contributed by atoms with E-state index in [1.165, 1.54) is 45.7 Å². The summed E-state index contributed by atoms with van der Waals surface area (Å²) in [5, 5.41) is 0. The van der Waals surface area contributed by atoms with Gasteiger partial charge >= 0.3 is 0 Å². The summed E-state index contributed by atoms with van der Waals surface area (Å²) in [6.07, 6.45) is 1.41. The number of likely N-dealkylation sites (N-methyl/N-ethyl adjacent to an activating group) is 1. The van der Waals surface area contributed by atoms with Gasteiger partial charge in [-0.3, -0.25) is 4.90 Å². The number of hydrogen-bond donors (Lipinski definition) is 0. The van der Waals surface area contributed by atoms with Gasteiger partial charge in [0, 0.05) is 38.8 Å². The van der Waals surface area contributed by atoms with Crippen LogP contribution in [0.3, 0.4) is 0 Å². The van der Waals surface area contributed by atoms with Crippen molar-refractivity contribution in [3.05, 3.63) is 0 Å². The van der Waals surface area contributed by atoms with E-state index in [0.29, 0.717) is 0 Å². The Labute approximate surface area is 120 Å². The van der Waals surface area contributed by atoms with Crippen LogP contribution in [-0.4, -0.2) is 74.1 Å². The van der Waals surface area contributed by atoms with Crippen LogP contribution in [0.25, 0.3) is 0 Å². The lowest BCUT2D eigenvalue weighted by Crippen LogP contribution is -2.47. The molecule has 0 saturated carbocycles. The third-order valence-corrected chi connectivity index (χ3v) is 4.64. The predicted octanol–water partition coefficient (Wildman–Crippen LogP) is 2.24. The zero-order valence-corrected chi connectivity index (χ0v) is 14.0. The van der Waals surface area contributed by atoms with Crippen LogP contribution in [0, 0.1) is 11.8 Å². The van der Waals surface area contributed by atoms with Crippen LogP contribution < -0.4 is 0 Å². The Morgan fingerprint density at radius 3 is 1.68 bits per heavy atom. The molecule has 2 saturated heterocycles. The normalized spacial score (nSPS) is 26.8. The fraction of sp³-hybridized carbons (Fsp3) is 1.00. The first-order valence-corrected chi connectivity index (χ1v) is 8.01. The highest BCUT2D eigenvalue weighted by molar-refractivity contribution is 4.74. The summed E-state index contributed by atoms with van der Waals surface area (Å²) in [5.41, 5.74) is 0. The van der Waals surface area contributed by atoms with Gasteiger partial charge in [-0.1, -0.05) is 13.8 Å². The lowest BCUT2D eigenvalue weighted by molar-refractivity contribution is 0.126. The molecule has 2 rings (SSSR count). The molecule has 0 N–H and O–H groups in total. The molecule has 3 nitrogen and oxygen atoms in total. The number of rotatable bonds is 2. The molecule has 2 aliphatic rings. The highest BCUT2D eigenvalue weighted by Crippen LogP contribution is 2.21. The van der Waals surface area contributed by atoms with E-state index < -0.39 is 0 Å². The maximum atomic E-state index is 2.53. The first-order chi connectivity index (χ1) is 8.90. The van der Waals surface area contributed by atoms with Crippen LogP contribution in [0.1, 0.15) is 34.1 Å². The van der Waals surface area contributed by atoms with Crippen LogP contribution in [0.15, 0.2) is 0 Å². The molecule has 0 aromatic rings. The Kier molecular flexibility index (Phi) is 7.33. The van der Waals surface area contributed by atoms with Crippen LogP contribution in [0.4, 0.5) is 0 Å². The highest BCUT2D eigenvalue weighted by Gasteiger charge is 2.21. The van der Waals surface area contributed by atoms with Gasteiger partial charge < -0.3 is 9.80 Å². The average molecular weight is 269 g/mol. The van der Waals surface area contributed by atoms with Crippen LogP contribution in [0.2, 0.25) is 0 Å². The topological polar surface area (TPSA) is 9.72 Å².